The third kappa shape index (κ3) is 4.32. The highest BCUT2D eigenvalue weighted by atomic mass is 32.1. The summed E-state index contributed by atoms with van der Waals surface area (Å²) in [6, 6.07) is 13.7. The number of fused-ring (bicyclic) bond motifs is 1. The maximum atomic E-state index is 13.4. The number of anilines is 1. The fourth-order valence-electron chi connectivity index (χ4n) is 4.46. The van der Waals surface area contributed by atoms with E-state index in [0.717, 1.165) is 39.8 Å². The van der Waals surface area contributed by atoms with Gasteiger partial charge in [-0.1, -0.05) is 35.1 Å². The molecular weight excluding hydrogens is 462 g/mol. The lowest BCUT2D eigenvalue weighted by Crippen LogP contribution is -2.35. The Hall–Kier alpha value is -3.59. The van der Waals surface area contributed by atoms with E-state index in [0.29, 0.717) is 36.7 Å². The molecule has 1 fully saturated rings. The van der Waals surface area contributed by atoms with Crippen molar-refractivity contribution in [3.8, 4) is 17.2 Å². The van der Waals surface area contributed by atoms with Crippen LogP contribution < -0.4 is 14.4 Å². The van der Waals surface area contributed by atoms with E-state index >= 15 is 0 Å². The highest BCUT2D eigenvalue weighted by molar-refractivity contribution is 7.22. The van der Waals surface area contributed by atoms with Gasteiger partial charge in [-0.3, -0.25) is 4.79 Å². The van der Waals surface area contributed by atoms with E-state index in [9.17, 15) is 4.79 Å². The van der Waals surface area contributed by atoms with Crippen LogP contribution >= 0.6 is 11.3 Å². The average Bonchev–Trinajstić information content (AvgIpc) is 3.34. The third-order valence-electron chi connectivity index (χ3n) is 6.34. The zero-order valence-electron chi connectivity index (χ0n) is 20.4. The summed E-state index contributed by atoms with van der Waals surface area (Å²) >= 11 is 1.67. The second kappa shape index (κ2) is 9.58. The van der Waals surface area contributed by atoms with Crippen molar-refractivity contribution >= 4 is 32.7 Å². The first kappa shape index (κ1) is 23.2. The van der Waals surface area contributed by atoms with Gasteiger partial charge in [-0.25, -0.2) is 4.68 Å². The smallest absolute Gasteiger partial charge is 0.257 e. The topological polar surface area (TPSA) is 72.7 Å². The van der Waals surface area contributed by atoms with Gasteiger partial charge in [0, 0.05) is 26.2 Å². The van der Waals surface area contributed by atoms with E-state index in [4.69, 9.17) is 19.6 Å². The molecule has 0 radical (unpaired) electrons. The number of carbonyl (C=O) groups is 1. The van der Waals surface area contributed by atoms with Gasteiger partial charge < -0.3 is 19.3 Å². The minimum Gasteiger partial charge on any atom is -0.493 e. The van der Waals surface area contributed by atoms with Crippen LogP contribution in [0.15, 0.2) is 42.5 Å². The standard InChI is InChI=1S/C26H29N5O3S/c1-17-9-11-19(12-10-17)31-24-23(18(2)28-31)35-26(27-24)30-14-6-13-29(15-16-30)25(32)20-7-5-8-21(33-3)22(20)34-4/h5,7-12H,6,13-16H2,1-4H3. The van der Waals surface area contributed by atoms with E-state index in [1.165, 1.54) is 5.56 Å². The van der Waals surface area contributed by atoms with Crippen LogP contribution in [0.25, 0.3) is 16.0 Å². The van der Waals surface area contributed by atoms with Gasteiger partial charge in [0.25, 0.3) is 5.91 Å². The maximum Gasteiger partial charge on any atom is 0.257 e. The number of methoxy groups -OCH3 is 2. The number of nitrogens with zero attached hydrogens (tertiary/aromatic N) is 5. The molecule has 0 bridgehead atoms. The molecule has 0 N–H and O–H groups in total. The molecule has 1 aliphatic heterocycles. The summed E-state index contributed by atoms with van der Waals surface area (Å²) in [5, 5.41) is 5.69. The number of carbonyl (C=O) groups excluding carboxylic acids is 1. The molecule has 35 heavy (non-hydrogen) atoms. The van der Waals surface area contributed by atoms with Crippen LogP contribution in [0, 0.1) is 13.8 Å². The second-order valence-electron chi connectivity index (χ2n) is 8.66. The molecule has 1 saturated heterocycles. The Morgan fingerprint density at radius 3 is 2.51 bits per heavy atom. The molecule has 1 aliphatic rings. The monoisotopic (exact) mass is 491 g/mol. The number of para-hydroxylation sites is 1. The lowest BCUT2D eigenvalue weighted by Gasteiger charge is -2.23. The molecule has 8 nitrogen and oxygen atoms in total. The van der Waals surface area contributed by atoms with E-state index in [1.54, 1.807) is 37.7 Å². The predicted octanol–water partition coefficient (Wildman–Crippen LogP) is 4.47. The normalized spacial score (nSPS) is 14.3. The van der Waals surface area contributed by atoms with E-state index in [2.05, 4.69) is 36.1 Å². The molecule has 1 amide bonds. The van der Waals surface area contributed by atoms with Crippen LogP contribution in [0.5, 0.6) is 11.5 Å². The van der Waals surface area contributed by atoms with Gasteiger partial charge in [-0.05, 0) is 44.5 Å². The summed E-state index contributed by atoms with van der Waals surface area (Å²) in [6.45, 7) is 6.94. The van der Waals surface area contributed by atoms with E-state index in [-0.39, 0.29) is 5.91 Å². The van der Waals surface area contributed by atoms with Crippen LogP contribution in [0.4, 0.5) is 5.13 Å². The van der Waals surface area contributed by atoms with Crippen molar-refractivity contribution in [3.63, 3.8) is 0 Å². The first-order valence-electron chi connectivity index (χ1n) is 11.7. The van der Waals surface area contributed by atoms with Crippen molar-refractivity contribution in [2.75, 3.05) is 45.3 Å². The van der Waals surface area contributed by atoms with Crippen LogP contribution in [0.1, 0.15) is 28.0 Å². The quantitative estimate of drug-likeness (QED) is 0.410. The molecule has 5 rings (SSSR count). The van der Waals surface area contributed by atoms with Gasteiger partial charge >= 0.3 is 0 Å². The number of rotatable bonds is 5. The maximum absolute atomic E-state index is 13.4. The molecular formula is C26H29N5O3S. The van der Waals surface area contributed by atoms with Crippen molar-refractivity contribution in [1.29, 1.82) is 0 Å². The number of amides is 1. The summed E-state index contributed by atoms with van der Waals surface area (Å²) < 4.78 is 13.9. The summed E-state index contributed by atoms with van der Waals surface area (Å²) in [6.07, 6.45) is 0.858. The van der Waals surface area contributed by atoms with Crippen molar-refractivity contribution in [2.24, 2.45) is 0 Å². The van der Waals surface area contributed by atoms with Crippen LogP contribution in [-0.4, -0.2) is 66.0 Å². The van der Waals surface area contributed by atoms with E-state index < -0.39 is 0 Å². The van der Waals surface area contributed by atoms with Gasteiger partial charge in [0.05, 0.1) is 35.9 Å². The molecule has 4 aromatic rings. The molecule has 0 unspecified atom stereocenters. The Kier molecular flexibility index (Phi) is 6.34. The van der Waals surface area contributed by atoms with Gasteiger partial charge in [-0.2, -0.15) is 10.1 Å². The molecule has 0 saturated carbocycles. The number of thiazole rings is 1. The zero-order valence-corrected chi connectivity index (χ0v) is 21.3. The van der Waals surface area contributed by atoms with Gasteiger partial charge in [0.1, 0.15) is 0 Å². The fourth-order valence-corrected chi connectivity index (χ4v) is 5.50. The Morgan fingerprint density at radius 2 is 1.77 bits per heavy atom. The Bertz CT molecular complexity index is 1360. The summed E-state index contributed by atoms with van der Waals surface area (Å²) in [4.78, 5) is 22.5. The predicted molar refractivity (Wildman–Crippen MR) is 138 cm³/mol. The van der Waals surface area contributed by atoms with Gasteiger partial charge in [-0.15, -0.1) is 0 Å². The summed E-state index contributed by atoms with van der Waals surface area (Å²) in [5.41, 5.74) is 4.59. The number of aromatic nitrogens is 3. The highest BCUT2D eigenvalue weighted by Crippen LogP contribution is 2.34. The van der Waals surface area contributed by atoms with Crippen LogP contribution in [0.3, 0.4) is 0 Å². The summed E-state index contributed by atoms with van der Waals surface area (Å²) in [5.74, 6) is 0.989. The number of aryl methyl sites for hydroxylation is 2. The average molecular weight is 492 g/mol. The molecule has 0 spiro atoms. The largest absolute Gasteiger partial charge is 0.493 e. The van der Waals surface area contributed by atoms with Crippen molar-refractivity contribution in [1.82, 2.24) is 19.7 Å². The molecule has 2 aromatic carbocycles. The highest BCUT2D eigenvalue weighted by Gasteiger charge is 2.26. The van der Waals surface area contributed by atoms with Gasteiger partial charge in [0.2, 0.25) is 0 Å². The molecule has 2 aromatic heterocycles. The lowest BCUT2D eigenvalue weighted by atomic mass is 10.1. The zero-order chi connectivity index (χ0) is 24.5. The molecule has 3 heterocycles. The first-order chi connectivity index (χ1) is 17.0. The number of benzene rings is 2. The lowest BCUT2D eigenvalue weighted by molar-refractivity contribution is 0.0763. The van der Waals surface area contributed by atoms with E-state index in [1.807, 2.05) is 22.6 Å². The van der Waals surface area contributed by atoms with Gasteiger partial charge in [0.15, 0.2) is 22.3 Å². The number of hydrogen-bond acceptors (Lipinski definition) is 7. The minimum atomic E-state index is -0.0437. The molecule has 0 aliphatic carbocycles. The SMILES string of the molecule is COc1cccc(C(=O)N2CCCN(c3nc4c(s3)c(C)nn4-c3ccc(C)cc3)CC2)c1OC. The van der Waals surface area contributed by atoms with Crippen molar-refractivity contribution in [3.05, 3.63) is 59.3 Å². The van der Waals surface area contributed by atoms with Crippen molar-refractivity contribution in [2.45, 2.75) is 20.3 Å². The Labute approximate surface area is 208 Å². The van der Waals surface area contributed by atoms with Crippen LogP contribution in [-0.2, 0) is 0 Å². The summed E-state index contributed by atoms with van der Waals surface area (Å²) in [7, 11) is 3.14. The molecule has 9 heteroatoms. The molecule has 182 valence electrons. The van der Waals surface area contributed by atoms with Crippen LogP contribution in [0.2, 0.25) is 0 Å². The van der Waals surface area contributed by atoms with Crippen molar-refractivity contribution < 1.29 is 14.3 Å². The number of hydrogen-bond donors (Lipinski definition) is 0. The Balaban J connectivity index is 1.37. The number of ether oxygens (including phenoxy) is 2. The Morgan fingerprint density at radius 1 is 0.971 bits per heavy atom. The second-order valence-corrected chi connectivity index (χ2v) is 9.63. The molecule has 0 atom stereocenters. The third-order valence-corrected chi connectivity index (χ3v) is 7.56. The minimum absolute atomic E-state index is 0.0437. The first-order valence-corrected chi connectivity index (χ1v) is 12.5. The fraction of sp³-hybridized carbons (Fsp3) is 0.346.